The van der Waals surface area contributed by atoms with E-state index in [1.807, 2.05) is 0 Å². The second kappa shape index (κ2) is 49.0. The van der Waals surface area contributed by atoms with Crippen LogP contribution >= 0.6 is 7.82 Å². The van der Waals surface area contributed by atoms with Gasteiger partial charge in [-0.25, -0.2) is 4.57 Å². The molecule has 0 saturated carbocycles. The predicted octanol–water partition coefficient (Wildman–Crippen LogP) is 16.0. The van der Waals surface area contributed by atoms with Crippen LogP contribution in [0.2, 0.25) is 0 Å². The number of hydrogen-bond acceptors (Lipinski definition) is 7. The van der Waals surface area contributed by atoms with Crippen LogP contribution in [-0.4, -0.2) is 49.9 Å². The molecule has 0 radical (unpaired) electrons. The molecule has 3 N–H and O–H groups in total. The fraction of sp³-hybridized carbons (Fsp3) is 0.902. The largest absolute Gasteiger partial charge is 0.472 e. The van der Waals surface area contributed by atoms with Crippen LogP contribution in [0.3, 0.4) is 0 Å². The van der Waals surface area contributed by atoms with Crippen molar-refractivity contribution in [2.45, 2.75) is 264 Å². The number of esters is 1. The summed E-state index contributed by atoms with van der Waals surface area (Å²) >= 11 is 0. The summed E-state index contributed by atoms with van der Waals surface area (Å²) in [5.74, 6) is -0.333. The van der Waals surface area contributed by atoms with Crippen LogP contribution in [0.15, 0.2) is 24.3 Å². The fourth-order valence-corrected chi connectivity index (χ4v) is 8.32. The van der Waals surface area contributed by atoms with Gasteiger partial charge in [-0.2, -0.15) is 0 Å². The molecule has 356 valence electrons. The smallest absolute Gasteiger partial charge is 0.457 e. The average molecular weight is 870 g/mol. The maximum atomic E-state index is 12.6. The zero-order valence-electron chi connectivity index (χ0n) is 39.7. The Labute approximate surface area is 372 Å². The Kier molecular flexibility index (Phi) is 48.2. The van der Waals surface area contributed by atoms with E-state index in [0.717, 1.165) is 44.9 Å². The highest BCUT2D eigenvalue weighted by molar-refractivity contribution is 7.47. The Morgan fingerprint density at radius 1 is 0.500 bits per heavy atom. The summed E-state index contributed by atoms with van der Waals surface area (Å²) in [6.07, 6.45) is 56.4. The molecule has 0 rings (SSSR count). The van der Waals surface area contributed by atoms with Crippen LogP contribution in [0, 0.1) is 0 Å². The van der Waals surface area contributed by atoms with Crippen molar-refractivity contribution in [1.82, 2.24) is 0 Å². The molecule has 0 spiro atoms. The molecule has 0 aliphatic carbocycles. The molecule has 0 amide bonds. The Morgan fingerprint density at radius 3 is 1.33 bits per heavy atom. The van der Waals surface area contributed by atoms with Gasteiger partial charge in [0.15, 0.2) is 0 Å². The third-order valence-electron chi connectivity index (χ3n) is 11.4. The van der Waals surface area contributed by atoms with E-state index in [0.29, 0.717) is 13.0 Å². The molecule has 0 aliphatic heterocycles. The lowest BCUT2D eigenvalue weighted by atomic mass is 10.0. The van der Waals surface area contributed by atoms with Gasteiger partial charge in [-0.1, -0.05) is 231 Å². The average Bonchev–Trinajstić information content (AvgIpc) is 3.24. The van der Waals surface area contributed by atoms with Gasteiger partial charge >= 0.3 is 13.8 Å². The molecule has 0 aromatic heterocycles. The number of allylic oxidation sites excluding steroid dienone is 4. The first-order chi connectivity index (χ1) is 29.4. The molecular weight excluding hydrogens is 770 g/mol. The fourth-order valence-electron chi connectivity index (χ4n) is 7.56. The zero-order valence-corrected chi connectivity index (χ0v) is 40.6. The van der Waals surface area contributed by atoms with Crippen molar-refractivity contribution in [3.8, 4) is 0 Å². The number of hydrogen-bond donors (Lipinski definition) is 2. The molecule has 0 aromatic rings. The first-order valence-corrected chi connectivity index (χ1v) is 27.3. The number of phosphoric acid groups is 1. The van der Waals surface area contributed by atoms with E-state index in [1.165, 1.54) is 193 Å². The Bertz CT molecular complexity index is 977. The van der Waals surface area contributed by atoms with E-state index < -0.39 is 13.9 Å². The monoisotopic (exact) mass is 870 g/mol. The topological polar surface area (TPSA) is 117 Å². The van der Waals surface area contributed by atoms with Crippen molar-refractivity contribution >= 4 is 13.8 Å². The van der Waals surface area contributed by atoms with E-state index in [2.05, 4.69) is 38.2 Å². The van der Waals surface area contributed by atoms with Crippen LogP contribution in [0.1, 0.15) is 258 Å². The number of phosphoric ester groups is 1. The first kappa shape index (κ1) is 59.0. The lowest BCUT2D eigenvalue weighted by Gasteiger charge is -2.20. The normalized spacial score (nSPS) is 13.5. The molecule has 2 atom stereocenters. The number of carbonyl (C=O) groups excluding carboxylic acids is 1. The summed E-state index contributed by atoms with van der Waals surface area (Å²) in [5, 5.41) is 0. The Morgan fingerprint density at radius 2 is 0.883 bits per heavy atom. The van der Waals surface area contributed by atoms with Gasteiger partial charge in [-0.15, -0.1) is 0 Å². The van der Waals surface area contributed by atoms with E-state index in [9.17, 15) is 14.3 Å². The van der Waals surface area contributed by atoms with Crippen molar-refractivity contribution in [3.63, 3.8) is 0 Å². The van der Waals surface area contributed by atoms with E-state index >= 15 is 0 Å². The maximum Gasteiger partial charge on any atom is 0.472 e. The number of nitrogens with two attached hydrogens (primary N) is 1. The number of rotatable bonds is 50. The van der Waals surface area contributed by atoms with E-state index in [-0.39, 0.29) is 32.3 Å². The first-order valence-electron chi connectivity index (χ1n) is 25.8. The summed E-state index contributed by atoms with van der Waals surface area (Å²) < 4.78 is 33.6. The molecule has 2 unspecified atom stereocenters. The minimum Gasteiger partial charge on any atom is -0.457 e. The minimum absolute atomic E-state index is 0.0948. The molecule has 0 fully saturated rings. The standard InChI is InChI=1S/C51H100NO7P/c1-3-5-7-9-11-13-15-17-19-21-22-23-24-25-26-27-29-31-33-35-37-39-41-43-46-56-48-50(49-58-60(54,55)57-47-45-52)59-51(53)44-42-40-38-36-34-32-30-28-20-18-16-14-12-10-8-6-4-2/h12,14,18,20,50H,3-11,13,15-17,19,21-49,52H2,1-2H3,(H,54,55)/b14-12-,20-18-. The van der Waals surface area contributed by atoms with E-state index in [4.69, 9.17) is 24.3 Å². The van der Waals surface area contributed by atoms with Crippen LogP contribution in [-0.2, 0) is 27.9 Å². The van der Waals surface area contributed by atoms with Gasteiger partial charge in [-0.3, -0.25) is 13.8 Å². The van der Waals surface area contributed by atoms with Gasteiger partial charge in [0.1, 0.15) is 6.10 Å². The molecule has 60 heavy (non-hydrogen) atoms. The molecule has 8 nitrogen and oxygen atoms in total. The van der Waals surface area contributed by atoms with Crippen molar-refractivity contribution in [2.24, 2.45) is 5.73 Å². The molecule has 0 heterocycles. The van der Waals surface area contributed by atoms with E-state index in [1.54, 1.807) is 0 Å². The minimum atomic E-state index is -4.28. The predicted molar refractivity (Wildman–Crippen MR) is 257 cm³/mol. The molecule has 0 saturated heterocycles. The van der Waals surface area contributed by atoms with Crippen molar-refractivity contribution in [1.29, 1.82) is 0 Å². The third-order valence-corrected chi connectivity index (χ3v) is 12.4. The highest BCUT2D eigenvalue weighted by Crippen LogP contribution is 2.43. The van der Waals surface area contributed by atoms with Gasteiger partial charge in [0, 0.05) is 19.6 Å². The van der Waals surface area contributed by atoms with Gasteiger partial charge in [0.05, 0.1) is 19.8 Å². The molecule has 0 bridgehead atoms. The highest BCUT2D eigenvalue weighted by atomic mass is 31.2. The van der Waals surface area contributed by atoms with Gasteiger partial charge < -0.3 is 20.1 Å². The molecular formula is C51H100NO7P. The summed E-state index contributed by atoms with van der Waals surface area (Å²) in [4.78, 5) is 22.6. The van der Waals surface area contributed by atoms with Crippen LogP contribution in [0.5, 0.6) is 0 Å². The van der Waals surface area contributed by atoms with Crippen molar-refractivity contribution in [3.05, 3.63) is 24.3 Å². The zero-order chi connectivity index (χ0) is 43.7. The molecule has 0 aromatic carbocycles. The lowest BCUT2D eigenvalue weighted by molar-refractivity contribution is -0.154. The maximum absolute atomic E-state index is 12.6. The Hall–Kier alpha value is -1.02. The lowest BCUT2D eigenvalue weighted by Crippen LogP contribution is -2.28. The summed E-state index contributed by atoms with van der Waals surface area (Å²) in [7, 11) is -4.28. The van der Waals surface area contributed by atoms with Crippen molar-refractivity contribution < 1.29 is 32.8 Å². The molecule has 9 heteroatoms. The van der Waals surface area contributed by atoms with Crippen LogP contribution < -0.4 is 5.73 Å². The third kappa shape index (κ3) is 48.0. The second-order valence-electron chi connectivity index (χ2n) is 17.4. The Balaban J connectivity index is 3.88. The second-order valence-corrected chi connectivity index (χ2v) is 18.8. The molecule has 0 aliphatic rings. The van der Waals surface area contributed by atoms with Gasteiger partial charge in [0.2, 0.25) is 0 Å². The summed E-state index contributed by atoms with van der Waals surface area (Å²) in [6, 6.07) is 0. The number of ether oxygens (including phenoxy) is 2. The van der Waals surface area contributed by atoms with Gasteiger partial charge in [-0.05, 0) is 44.9 Å². The number of unbranched alkanes of at least 4 members (excludes halogenated alkanes) is 33. The SMILES string of the molecule is CCCCC/C=C\C/C=C\CCCCCCCCCC(=O)OC(COCCCCCCCCCCCCCCCCCCCCCCCCCC)COP(=O)(O)OCCN. The quantitative estimate of drug-likeness (QED) is 0.0269. The number of carbonyl (C=O) groups is 1. The highest BCUT2D eigenvalue weighted by Gasteiger charge is 2.25. The van der Waals surface area contributed by atoms with Crippen LogP contribution in [0.25, 0.3) is 0 Å². The van der Waals surface area contributed by atoms with Gasteiger partial charge in [0.25, 0.3) is 0 Å². The summed E-state index contributed by atoms with van der Waals surface area (Å²) in [5.41, 5.74) is 5.39. The summed E-state index contributed by atoms with van der Waals surface area (Å²) in [6.45, 7) is 4.94. The van der Waals surface area contributed by atoms with Crippen LogP contribution in [0.4, 0.5) is 0 Å². The van der Waals surface area contributed by atoms with Crippen molar-refractivity contribution in [2.75, 3.05) is 33.0 Å².